The summed E-state index contributed by atoms with van der Waals surface area (Å²) < 4.78 is 0. The molecule has 0 aromatic carbocycles. The van der Waals surface area contributed by atoms with Crippen LogP contribution in [0.3, 0.4) is 0 Å². The van der Waals surface area contributed by atoms with Crippen LogP contribution in [-0.4, -0.2) is 47.7 Å². The highest BCUT2D eigenvalue weighted by molar-refractivity contribution is 5.75. The van der Waals surface area contributed by atoms with Gasteiger partial charge in [-0.3, -0.25) is 14.9 Å². The molecule has 20 heavy (non-hydrogen) atoms. The molecule has 1 aliphatic rings. The molecule has 6 heteroatoms. The van der Waals surface area contributed by atoms with Crippen LogP contribution in [0.1, 0.15) is 27.2 Å². The molecule has 1 fully saturated rings. The first kappa shape index (κ1) is 16.7. The summed E-state index contributed by atoms with van der Waals surface area (Å²) >= 11 is 0. The largest absolute Gasteiger partial charge is 0.480 e. The summed E-state index contributed by atoms with van der Waals surface area (Å²) in [5.41, 5.74) is 0. The molecule has 1 aliphatic heterocycles. The number of carboxylic acids is 1. The molecule has 114 valence electrons. The molecule has 1 heterocycles. The van der Waals surface area contributed by atoms with Crippen LogP contribution in [0.25, 0.3) is 0 Å². The van der Waals surface area contributed by atoms with Crippen LogP contribution in [0.4, 0.5) is 0 Å². The Labute approximate surface area is 120 Å². The maximum atomic E-state index is 11.4. The molecule has 0 aliphatic carbocycles. The Hall–Kier alpha value is -1.40. The first-order chi connectivity index (χ1) is 9.35. The minimum Gasteiger partial charge on any atom is -0.480 e. The Morgan fingerprint density at radius 3 is 2.60 bits per heavy atom. The first-order valence-corrected chi connectivity index (χ1v) is 6.97. The van der Waals surface area contributed by atoms with Crippen molar-refractivity contribution >= 4 is 11.9 Å². The highest BCUT2D eigenvalue weighted by atomic mass is 16.4. The van der Waals surface area contributed by atoms with E-state index in [0.717, 1.165) is 0 Å². The summed E-state index contributed by atoms with van der Waals surface area (Å²) in [6.07, 6.45) is 2.27. The summed E-state index contributed by atoms with van der Waals surface area (Å²) in [7, 11) is 0. The number of hydrogen-bond donors (Lipinski definition) is 4. The second-order valence-corrected chi connectivity index (χ2v) is 5.59. The van der Waals surface area contributed by atoms with Crippen LogP contribution < -0.4 is 16.0 Å². The smallest absolute Gasteiger partial charge is 0.320 e. The van der Waals surface area contributed by atoms with Crippen LogP contribution in [0, 0.1) is 5.92 Å². The van der Waals surface area contributed by atoms with Gasteiger partial charge in [0.05, 0.1) is 6.04 Å². The molecule has 4 atom stereocenters. The molecule has 0 saturated carbocycles. The van der Waals surface area contributed by atoms with Crippen molar-refractivity contribution in [3.05, 3.63) is 12.7 Å². The summed E-state index contributed by atoms with van der Waals surface area (Å²) in [4.78, 5) is 22.5. The predicted molar refractivity (Wildman–Crippen MR) is 77.4 cm³/mol. The number of carbonyl (C=O) groups excluding carboxylic acids is 1. The van der Waals surface area contributed by atoms with Gasteiger partial charge in [-0.2, -0.15) is 0 Å². The Morgan fingerprint density at radius 1 is 1.50 bits per heavy atom. The quantitative estimate of drug-likeness (QED) is 0.498. The van der Waals surface area contributed by atoms with Crippen LogP contribution in [0.2, 0.25) is 0 Å². The number of carboxylic acid groups (broad SMARTS) is 1. The molecule has 6 nitrogen and oxygen atoms in total. The predicted octanol–water partition coefficient (Wildman–Crippen LogP) is 0.106. The van der Waals surface area contributed by atoms with E-state index in [1.54, 1.807) is 6.08 Å². The maximum Gasteiger partial charge on any atom is 0.320 e. The Morgan fingerprint density at radius 2 is 2.15 bits per heavy atom. The van der Waals surface area contributed by atoms with Gasteiger partial charge < -0.3 is 15.7 Å². The van der Waals surface area contributed by atoms with E-state index >= 15 is 0 Å². The fourth-order valence-corrected chi connectivity index (χ4v) is 2.56. The molecular formula is C14H25N3O3. The number of carbonyl (C=O) groups is 2. The Balaban J connectivity index is 2.78. The van der Waals surface area contributed by atoms with E-state index in [0.29, 0.717) is 19.0 Å². The molecule has 1 saturated heterocycles. The van der Waals surface area contributed by atoms with Crippen molar-refractivity contribution in [3.8, 4) is 0 Å². The molecule has 0 spiro atoms. The van der Waals surface area contributed by atoms with Crippen molar-refractivity contribution < 1.29 is 14.7 Å². The highest BCUT2D eigenvalue weighted by Crippen LogP contribution is 2.24. The maximum absolute atomic E-state index is 11.4. The van der Waals surface area contributed by atoms with Crippen molar-refractivity contribution in [2.75, 3.05) is 6.54 Å². The molecule has 0 aromatic rings. The van der Waals surface area contributed by atoms with Crippen molar-refractivity contribution in [2.24, 2.45) is 5.92 Å². The average molecular weight is 283 g/mol. The van der Waals surface area contributed by atoms with E-state index in [-0.39, 0.29) is 23.9 Å². The van der Waals surface area contributed by atoms with Crippen LogP contribution in [0.15, 0.2) is 12.7 Å². The molecule has 0 aromatic heterocycles. The van der Waals surface area contributed by atoms with Gasteiger partial charge >= 0.3 is 5.97 Å². The highest BCUT2D eigenvalue weighted by Gasteiger charge is 2.40. The number of hydrogen-bond acceptors (Lipinski definition) is 4. The second kappa shape index (κ2) is 7.40. The third-order valence-corrected chi connectivity index (χ3v) is 3.53. The van der Waals surface area contributed by atoms with Crippen LogP contribution in [0.5, 0.6) is 0 Å². The normalized spacial score (nSPS) is 27.3. The molecular weight excluding hydrogens is 258 g/mol. The SMILES string of the molecule is C=C[C@@H]1C[C@H](C(=O)O)NC1[C@H](CNC(C)C)NC(C)=O. The third kappa shape index (κ3) is 4.61. The van der Waals surface area contributed by atoms with E-state index < -0.39 is 12.0 Å². The number of aliphatic carboxylic acids is 1. The summed E-state index contributed by atoms with van der Waals surface area (Å²) in [6.45, 7) is 9.88. The number of nitrogens with one attached hydrogen (secondary N) is 3. The molecule has 1 amide bonds. The fourth-order valence-electron chi connectivity index (χ4n) is 2.56. The lowest BCUT2D eigenvalue weighted by Gasteiger charge is -2.29. The van der Waals surface area contributed by atoms with Gasteiger partial charge in [0.1, 0.15) is 6.04 Å². The molecule has 4 N–H and O–H groups in total. The number of amides is 1. The summed E-state index contributed by atoms with van der Waals surface area (Å²) in [5.74, 6) is -0.955. The van der Waals surface area contributed by atoms with Crippen LogP contribution >= 0.6 is 0 Å². The van der Waals surface area contributed by atoms with E-state index in [4.69, 9.17) is 5.11 Å². The fraction of sp³-hybridized carbons (Fsp3) is 0.714. The van der Waals surface area contributed by atoms with Gasteiger partial charge in [-0.1, -0.05) is 19.9 Å². The Kier molecular flexibility index (Phi) is 6.16. The Bertz CT molecular complexity index is 371. The zero-order valence-corrected chi connectivity index (χ0v) is 12.3. The lowest BCUT2D eigenvalue weighted by atomic mass is 9.93. The minimum atomic E-state index is -0.863. The van der Waals surface area contributed by atoms with Crippen molar-refractivity contribution in [2.45, 2.75) is 51.4 Å². The van der Waals surface area contributed by atoms with Gasteiger partial charge in [-0.15, -0.1) is 6.58 Å². The zero-order chi connectivity index (χ0) is 15.3. The summed E-state index contributed by atoms with van der Waals surface area (Å²) in [5, 5.41) is 18.4. The molecule has 1 unspecified atom stereocenters. The van der Waals surface area contributed by atoms with Gasteiger partial charge in [-0.25, -0.2) is 0 Å². The van der Waals surface area contributed by atoms with Crippen LogP contribution in [-0.2, 0) is 9.59 Å². The first-order valence-electron chi connectivity index (χ1n) is 6.97. The molecule has 0 bridgehead atoms. The summed E-state index contributed by atoms with van der Waals surface area (Å²) in [6, 6.07) is -0.575. The second-order valence-electron chi connectivity index (χ2n) is 5.59. The topological polar surface area (TPSA) is 90.5 Å². The minimum absolute atomic E-state index is 0.0295. The van der Waals surface area contributed by atoms with E-state index in [1.165, 1.54) is 6.92 Å². The third-order valence-electron chi connectivity index (χ3n) is 3.53. The van der Waals surface area contributed by atoms with Crippen molar-refractivity contribution in [1.82, 2.24) is 16.0 Å². The lowest BCUT2D eigenvalue weighted by molar-refractivity contribution is -0.139. The van der Waals surface area contributed by atoms with Gasteiger partial charge in [0.15, 0.2) is 0 Å². The van der Waals surface area contributed by atoms with Crippen molar-refractivity contribution in [3.63, 3.8) is 0 Å². The van der Waals surface area contributed by atoms with Gasteiger partial charge in [-0.05, 0) is 12.3 Å². The van der Waals surface area contributed by atoms with Gasteiger partial charge in [0.25, 0.3) is 0 Å². The average Bonchev–Trinajstić information content (AvgIpc) is 2.77. The lowest BCUT2D eigenvalue weighted by Crippen LogP contribution is -2.56. The van der Waals surface area contributed by atoms with Crippen molar-refractivity contribution in [1.29, 1.82) is 0 Å². The standard InChI is InChI=1S/C14H25N3O3/c1-5-10-6-11(14(19)20)17-13(10)12(16-9(4)18)7-15-8(2)3/h5,8,10-13,15,17H,1,6-7H2,2-4H3,(H,16,18)(H,19,20)/t10-,11-,12+,13?/m1/s1. The van der Waals surface area contributed by atoms with E-state index in [2.05, 4.69) is 22.5 Å². The van der Waals surface area contributed by atoms with E-state index in [9.17, 15) is 9.59 Å². The van der Waals surface area contributed by atoms with E-state index in [1.807, 2.05) is 13.8 Å². The number of rotatable bonds is 7. The zero-order valence-electron chi connectivity index (χ0n) is 12.3. The molecule has 0 radical (unpaired) electrons. The van der Waals surface area contributed by atoms with Gasteiger partial charge in [0.2, 0.25) is 5.91 Å². The monoisotopic (exact) mass is 283 g/mol. The van der Waals surface area contributed by atoms with Gasteiger partial charge in [0, 0.05) is 25.6 Å². The molecule has 1 rings (SSSR count).